The number of hydrogen-bond acceptors (Lipinski definition) is 5. The lowest BCUT2D eigenvalue weighted by Crippen LogP contribution is -2.23. The smallest absolute Gasteiger partial charge is 0.247 e. The van der Waals surface area contributed by atoms with E-state index < -0.39 is 0 Å². The highest BCUT2D eigenvalue weighted by atomic mass is 32.2. The Morgan fingerprint density at radius 3 is 2.95 bits per heavy atom. The molecular weight excluding hydrogens is 316 g/mol. The Balaban J connectivity index is 1.78. The number of carbonyl (C=O) groups excluding carboxylic acids is 1. The third kappa shape index (κ3) is 2.59. The number of nitrogens with zero attached hydrogens (tertiary/aromatic N) is 1. The molecule has 0 bridgehead atoms. The Hall–Kier alpha value is -1.24. The third-order valence-electron chi connectivity index (χ3n) is 3.89. The number of nitrogens with one attached hydrogen (secondary N) is 1. The number of benzene rings is 1. The van der Waals surface area contributed by atoms with Crippen LogP contribution < -0.4 is 5.32 Å². The average Bonchev–Trinajstić information content (AvgIpc) is 3.09. The van der Waals surface area contributed by atoms with E-state index in [1.165, 1.54) is 0 Å². The van der Waals surface area contributed by atoms with Gasteiger partial charge in [0.1, 0.15) is 4.58 Å². The molecule has 2 aliphatic rings. The monoisotopic (exact) mass is 332 g/mol. The lowest BCUT2D eigenvalue weighted by molar-refractivity contribution is -0.114. The summed E-state index contributed by atoms with van der Waals surface area (Å²) in [6.45, 7) is 1.22. The zero-order valence-corrected chi connectivity index (χ0v) is 13.6. The van der Waals surface area contributed by atoms with E-state index in [1.54, 1.807) is 23.5 Å². The summed E-state index contributed by atoms with van der Waals surface area (Å²) in [4.78, 5) is 17.3. The summed E-state index contributed by atoms with van der Waals surface area (Å²) in [6, 6.07) is 7.98. The molecule has 0 aliphatic carbocycles. The summed E-state index contributed by atoms with van der Waals surface area (Å²) in [5.41, 5.74) is 3.90. The first-order chi connectivity index (χ1) is 10.8. The molecule has 0 atom stereocenters. The SMILES string of the molecule is O=C(Nc1c2c(nc3ccccc13)CCOC2)C1SCCS1. The quantitative estimate of drug-likeness (QED) is 0.916. The van der Waals surface area contributed by atoms with Crippen LogP contribution in [0.3, 0.4) is 0 Å². The summed E-state index contributed by atoms with van der Waals surface area (Å²) in [6.07, 6.45) is 0.802. The van der Waals surface area contributed by atoms with Crippen molar-refractivity contribution in [3.63, 3.8) is 0 Å². The van der Waals surface area contributed by atoms with Crippen molar-refractivity contribution in [1.82, 2.24) is 4.98 Å². The molecule has 114 valence electrons. The standard InChI is InChI=1S/C16H16N2O2S2/c19-15(16-21-7-8-22-16)18-14-10-3-1-2-4-12(10)17-13-5-6-20-9-11(13)14/h1-4,16H,5-9H2,(H,17,18,19). The number of anilines is 1. The van der Waals surface area contributed by atoms with Crippen molar-refractivity contribution < 1.29 is 9.53 Å². The Labute approximate surface area is 137 Å². The first kappa shape index (κ1) is 14.4. The number of aromatic nitrogens is 1. The van der Waals surface area contributed by atoms with E-state index >= 15 is 0 Å². The highest BCUT2D eigenvalue weighted by Gasteiger charge is 2.26. The molecule has 22 heavy (non-hydrogen) atoms. The van der Waals surface area contributed by atoms with Crippen LogP contribution >= 0.6 is 23.5 Å². The molecular formula is C16H16N2O2S2. The summed E-state index contributed by atoms with van der Waals surface area (Å²) in [7, 11) is 0. The van der Waals surface area contributed by atoms with Gasteiger partial charge in [0.05, 0.1) is 30.1 Å². The van der Waals surface area contributed by atoms with Crippen LogP contribution in [0, 0.1) is 0 Å². The highest BCUT2D eigenvalue weighted by molar-refractivity contribution is 8.21. The second-order valence-electron chi connectivity index (χ2n) is 5.29. The second kappa shape index (κ2) is 6.10. The molecule has 1 aromatic heterocycles. The van der Waals surface area contributed by atoms with Gasteiger partial charge in [0.2, 0.25) is 5.91 Å². The number of fused-ring (bicyclic) bond motifs is 2. The van der Waals surface area contributed by atoms with E-state index in [9.17, 15) is 4.79 Å². The molecule has 0 unspecified atom stereocenters. The van der Waals surface area contributed by atoms with E-state index in [4.69, 9.17) is 9.72 Å². The minimum absolute atomic E-state index is 0.00733. The van der Waals surface area contributed by atoms with Crippen molar-refractivity contribution in [3.05, 3.63) is 35.5 Å². The van der Waals surface area contributed by atoms with Crippen LogP contribution in [0.25, 0.3) is 10.9 Å². The van der Waals surface area contributed by atoms with Gasteiger partial charge >= 0.3 is 0 Å². The number of pyridine rings is 1. The maximum absolute atomic E-state index is 12.5. The molecule has 1 N–H and O–H groups in total. The Morgan fingerprint density at radius 1 is 1.27 bits per heavy atom. The molecule has 4 rings (SSSR count). The average molecular weight is 332 g/mol. The summed E-state index contributed by atoms with van der Waals surface area (Å²) in [5, 5.41) is 4.15. The molecule has 1 saturated heterocycles. The van der Waals surface area contributed by atoms with Crippen molar-refractivity contribution in [2.45, 2.75) is 17.6 Å². The van der Waals surface area contributed by atoms with Crippen LogP contribution in [-0.2, 0) is 22.6 Å². The topological polar surface area (TPSA) is 51.2 Å². The van der Waals surface area contributed by atoms with Gasteiger partial charge in [0.25, 0.3) is 0 Å². The molecule has 2 aromatic rings. The number of para-hydroxylation sites is 1. The van der Waals surface area contributed by atoms with Gasteiger partial charge < -0.3 is 10.1 Å². The van der Waals surface area contributed by atoms with Gasteiger partial charge in [-0.3, -0.25) is 9.78 Å². The molecule has 1 fully saturated rings. The Bertz CT molecular complexity index is 729. The zero-order chi connectivity index (χ0) is 14.9. The van der Waals surface area contributed by atoms with Gasteiger partial charge in [-0.25, -0.2) is 0 Å². The van der Waals surface area contributed by atoms with E-state index in [2.05, 4.69) is 5.32 Å². The van der Waals surface area contributed by atoms with E-state index in [-0.39, 0.29) is 10.5 Å². The number of thioether (sulfide) groups is 2. The third-order valence-corrected chi connectivity index (χ3v) is 6.88. The fraction of sp³-hybridized carbons (Fsp3) is 0.375. The van der Waals surface area contributed by atoms with Crippen LogP contribution in [0.1, 0.15) is 11.3 Å². The van der Waals surface area contributed by atoms with Crippen LogP contribution in [-0.4, -0.2) is 33.6 Å². The van der Waals surface area contributed by atoms with E-state index in [0.29, 0.717) is 13.2 Å². The summed E-state index contributed by atoms with van der Waals surface area (Å²) in [5.74, 6) is 2.17. The van der Waals surface area contributed by atoms with E-state index in [1.807, 2.05) is 24.3 Å². The fourth-order valence-electron chi connectivity index (χ4n) is 2.84. The number of carbonyl (C=O) groups is 1. The van der Waals surface area contributed by atoms with Crippen molar-refractivity contribution in [2.24, 2.45) is 0 Å². The van der Waals surface area contributed by atoms with Gasteiger partial charge in [-0.2, -0.15) is 0 Å². The Kier molecular flexibility index (Phi) is 3.98. The van der Waals surface area contributed by atoms with Crippen LogP contribution in [0.2, 0.25) is 0 Å². The Morgan fingerprint density at radius 2 is 2.09 bits per heavy atom. The molecule has 1 amide bonds. The minimum atomic E-state index is -0.00733. The lowest BCUT2D eigenvalue weighted by atomic mass is 10.0. The van der Waals surface area contributed by atoms with Crippen LogP contribution in [0.15, 0.2) is 24.3 Å². The van der Waals surface area contributed by atoms with Gasteiger partial charge in [-0.15, -0.1) is 23.5 Å². The fourth-order valence-corrected chi connectivity index (χ4v) is 5.42. The lowest BCUT2D eigenvalue weighted by Gasteiger charge is -2.22. The molecule has 0 spiro atoms. The number of amides is 1. The van der Waals surface area contributed by atoms with E-state index in [0.717, 1.165) is 45.8 Å². The maximum atomic E-state index is 12.5. The van der Waals surface area contributed by atoms with Gasteiger partial charge in [0, 0.05) is 28.9 Å². The normalized spacial score (nSPS) is 18.4. The predicted octanol–water partition coefficient (Wildman–Crippen LogP) is 3.05. The molecule has 0 saturated carbocycles. The van der Waals surface area contributed by atoms with Crippen molar-refractivity contribution in [1.29, 1.82) is 0 Å². The second-order valence-corrected chi connectivity index (χ2v) is 8.02. The van der Waals surface area contributed by atoms with Gasteiger partial charge in [0.15, 0.2) is 0 Å². The first-order valence-corrected chi connectivity index (χ1v) is 9.45. The number of rotatable bonds is 2. The van der Waals surface area contributed by atoms with Crippen molar-refractivity contribution in [2.75, 3.05) is 23.4 Å². The largest absolute Gasteiger partial charge is 0.376 e. The van der Waals surface area contributed by atoms with Crippen LogP contribution in [0.5, 0.6) is 0 Å². The number of ether oxygens (including phenoxy) is 1. The van der Waals surface area contributed by atoms with Gasteiger partial charge in [-0.1, -0.05) is 18.2 Å². The highest BCUT2D eigenvalue weighted by Crippen LogP contribution is 2.35. The molecule has 6 heteroatoms. The molecule has 4 nitrogen and oxygen atoms in total. The van der Waals surface area contributed by atoms with Crippen molar-refractivity contribution >= 4 is 46.0 Å². The van der Waals surface area contributed by atoms with Crippen LogP contribution in [0.4, 0.5) is 5.69 Å². The summed E-state index contributed by atoms with van der Waals surface area (Å²) < 4.78 is 5.58. The molecule has 3 heterocycles. The summed E-state index contributed by atoms with van der Waals surface area (Å²) >= 11 is 3.43. The molecule has 2 aliphatic heterocycles. The molecule has 0 radical (unpaired) electrons. The first-order valence-electron chi connectivity index (χ1n) is 7.35. The number of hydrogen-bond donors (Lipinski definition) is 1. The van der Waals surface area contributed by atoms with Gasteiger partial charge in [-0.05, 0) is 6.07 Å². The minimum Gasteiger partial charge on any atom is -0.376 e. The predicted molar refractivity (Wildman–Crippen MR) is 92.4 cm³/mol. The van der Waals surface area contributed by atoms with Crippen molar-refractivity contribution in [3.8, 4) is 0 Å². The zero-order valence-electron chi connectivity index (χ0n) is 12.0. The maximum Gasteiger partial charge on any atom is 0.247 e. The molecule has 1 aromatic carbocycles.